The number of carbonyl (C=O) groups excluding carboxylic acids is 1. The maximum atomic E-state index is 14.0. The van der Waals surface area contributed by atoms with Crippen molar-refractivity contribution in [1.29, 1.82) is 0 Å². The zero-order valence-electron chi connectivity index (χ0n) is 12.2. The molecule has 1 atom stereocenters. The number of amides is 1. The van der Waals surface area contributed by atoms with Crippen LogP contribution in [-0.2, 0) is 16.1 Å². The van der Waals surface area contributed by atoms with Gasteiger partial charge in [0.15, 0.2) is 0 Å². The molecule has 0 bridgehead atoms. The predicted octanol–water partition coefficient (Wildman–Crippen LogP) is 3.25. The molecular weight excluding hydrogens is 321 g/mol. The largest absolute Gasteiger partial charge is 0.471 e. The van der Waals surface area contributed by atoms with Crippen molar-refractivity contribution in [3.05, 3.63) is 35.9 Å². The smallest absolute Gasteiger partial charge is 0.376 e. The van der Waals surface area contributed by atoms with Crippen LogP contribution in [0.4, 0.5) is 22.0 Å². The van der Waals surface area contributed by atoms with Crippen molar-refractivity contribution in [2.45, 2.75) is 25.1 Å². The van der Waals surface area contributed by atoms with Crippen LogP contribution in [0.15, 0.2) is 30.3 Å². The summed E-state index contributed by atoms with van der Waals surface area (Å²) in [6, 6.07) is 8.94. The first-order valence-electron chi connectivity index (χ1n) is 7.06. The number of likely N-dealkylation sites (tertiary alicyclic amines) is 1. The fraction of sp³-hybridized carbons (Fsp3) is 0.533. The van der Waals surface area contributed by atoms with E-state index in [0.29, 0.717) is 0 Å². The highest BCUT2D eigenvalue weighted by Gasteiger charge is 2.51. The molecule has 8 heteroatoms. The third kappa shape index (κ3) is 4.63. The fourth-order valence-corrected chi connectivity index (χ4v) is 2.44. The predicted molar refractivity (Wildman–Crippen MR) is 71.8 cm³/mol. The van der Waals surface area contributed by atoms with Gasteiger partial charge in [0.1, 0.15) is 0 Å². The van der Waals surface area contributed by atoms with E-state index in [4.69, 9.17) is 4.74 Å². The van der Waals surface area contributed by atoms with Gasteiger partial charge in [-0.15, -0.1) is 0 Å². The standard InChI is InChI=1S/C15H16F5NO2/c16-14(17)10-21(13(22)15(18,19)20)7-6-12(14)9-23-8-11-4-2-1-3-5-11/h1-5,12H,6-10H2. The van der Waals surface area contributed by atoms with Gasteiger partial charge in [-0.2, -0.15) is 13.2 Å². The van der Waals surface area contributed by atoms with E-state index in [9.17, 15) is 26.7 Å². The maximum Gasteiger partial charge on any atom is 0.471 e. The molecule has 3 nitrogen and oxygen atoms in total. The highest BCUT2D eigenvalue weighted by Crippen LogP contribution is 2.35. The Labute approximate surface area is 130 Å². The molecule has 0 N–H and O–H groups in total. The minimum absolute atomic E-state index is 0.151. The molecule has 0 aromatic heterocycles. The molecule has 1 aliphatic rings. The molecular formula is C15H16F5NO2. The second kappa shape index (κ2) is 6.82. The number of hydrogen-bond donors (Lipinski definition) is 0. The van der Waals surface area contributed by atoms with Crippen molar-refractivity contribution < 1.29 is 31.5 Å². The van der Waals surface area contributed by atoms with Crippen LogP contribution in [-0.4, -0.2) is 42.6 Å². The van der Waals surface area contributed by atoms with Crippen molar-refractivity contribution >= 4 is 5.91 Å². The third-order valence-electron chi connectivity index (χ3n) is 3.71. The van der Waals surface area contributed by atoms with Crippen LogP contribution in [0.1, 0.15) is 12.0 Å². The monoisotopic (exact) mass is 337 g/mol. The molecule has 128 valence electrons. The second-order valence-electron chi connectivity index (χ2n) is 5.47. The Morgan fingerprint density at radius 1 is 1.26 bits per heavy atom. The number of ether oxygens (including phenoxy) is 1. The fourth-order valence-electron chi connectivity index (χ4n) is 2.44. The van der Waals surface area contributed by atoms with E-state index in [-0.39, 0.29) is 31.1 Å². The summed E-state index contributed by atoms with van der Waals surface area (Å²) in [5, 5.41) is 0. The van der Waals surface area contributed by atoms with E-state index >= 15 is 0 Å². The number of halogens is 5. The Bertz CT molecular complexity index is 532. The number of benzene rings is 1. The Balaban J connectivity index is 1.87. The molecule has 1 aromatic rings. The molecule has 23 heavy (non-hydrogen) atoms. The normalized spacial score (nSPS) is 21.3. The Morgan fingerprint density at radius 2 is 1.91 bits per heavy atom. The van der Waals surface area contributed by atoms with E-state index in [1.54, 1.807) is 24.3 Å². The van der Waals surface area contributed by atoms with Gasteiger partial charge < -0.3 is 9.64 Å². The molecule has 0 saturated carbocycles. The van der Waals surface area contributed by atoms with Gasteiger partial charge in [-0.1, -0.05) is 30.3 Å². The summed E-state index contributed by atoms with van der Waals surface area (Å²) >= 11 is 0. The van der Waals surface area contributed by atoms with Gasteiger partial charge in [0.05, 0.1) is 19.8 Å². The number of carbonyl (C=O) groups is 1. The van der Waals surface area contributed by atoms with Crippen molar-refractivity contribution in [2.24, 2.45) is 5.92 Å². The quantitative estimate of drug-likeness (QED) is 0.790. The van der Waals surface area contributed by atoms with Crippen LogP contribution < -0.4 is 0 Å². The van der Waals surface area contributed by atoms with Gasteiger partial charge in [-0.3, -0.25) is 4.79 Å². The zero-order chi connectivity index (χ0) is 17.1. The first-order chi connectivity index (χ1) is 10.7. The highest BCUT2D eigenvalue weighted by molar-refractivity contribution is 5.82. The Morgan fingerprint density at radius 3 is 2.48 bits per heavy atom. The number of nitrogens with zero attached hydrogens (tertiary/aromatic N) is 1. The van der Waals surface area contributed by atoms with Crippen LogP contribution in [0.3, 0.4) is 0 Å². The van der Waals surface area contributed by atoms with Gasteiger partial charge in [0.25, 0.3) is 5.92 Å². The molecule has 0 radical (unpaired) electrons. The number of alkyl halides is 5. The van der Waals surface area contributed by atoms with Crippen LogP contribution in [0, 0.1) is 5.92 Å². The molecule has 1 amide bonds. The molecule has 1 fully saturated rings. The summed E-state index contributed by atoms with van der Waals surface area (Å²) in [5.74, 6) is -6.83. The van der Waals surface area contributed by atoms with Crippen LogP contribution >= 0.6 is 0 Å². The number of rotatable bonds is 4. The topological polar surface area (TPSA) is 29.5 Å². The van der Waals surface area contributed by atoms with Crippen LogP contribution in [0.25, 0.3) is 0 Å². The summed E-state index contributed by atoms with van der Waals surface area (Å²) in [6.45, 7) is -1.70. The van der Waals surface area contributed by atoms with Gasteiger partial charge in [-0.25, -0.2) is 8.78 Å². The molecule has 1 aromatic carbocycles. The van der Waals surface area contributed by atoms with Gasteiger partial charge in [0, 0.05) is 12.5 Å². The van der Waals surface area contributed by atoms with E-state index in [2.05, 4.69) is 0 Å². The van der Waals surface area contributed by atoms with E-state index in [1.165, 1.54) is 0 Å². The number of piperidine rings is 1. The first-order valence-corrected chi connectivity index (χ1v) is 7.06. The second-order valence-corrected chi connectivity index (χ2v) is 5.47. The minimum Gasteiger partial charge on any atom is -0.376 e. The molecule has 1 heterocycles. The summed E-state index contributed by atoms with van der Waals surface area (Å²) in [7, 11) is 0. The summed E-state index contributed by atoms with van der Waals surface area (Å²) in [4.78, 5) is 11.2. The van der Waals surface area contributed by atoms with Gasteiger partial charge in [-0.05, 0) is 12.0 Å². The van der Waals surface area contributed by atoms with E-state index < -0.39 is 30.5 Å². The van der Waals surface area contributed by atoms with Crippen molar-refractivity contribution in [3.63, 3.8) is 0 Å². The average Bonchev–Trinajstić information content (AvgIpc) is 2.47. The lowest BCUT2D eigenvalue weighted by Gasteiger charge is -2.38. The molecule has 0 spiro atoms. The third-order valence-corrected chi connectivity index (χ3v) is 3.71. The summed E-state index contributed by atoms with van der Waals surface area (Å²) < 4.78 is 70.1. The Hall–Kier alpha value is -1.70. The van der Waals surface area contributed by atoms with Gasteiger partial charge in [0.2, 0.25) is 0 Å². The Kier molecular flexibility index (Phi) is 5.23. The van der Waals surface area contributed by atoms with Crippen LogP contribution in [0.2, 0.25) is 0 Å². The van der Waals surface area contributed by atoms with Crippen molar-refractivity contribution in [1.82, 2.24) is 4.90 Å². The molecule has 1 aliphatic heterocycles. The molecule has 1 unspecified atom stereocenters. The maximum absolute atomic E-state index is 14.0. The van der Waals surface area contributed by atoms with E-state index in [0.717, 1.165) is 5.56 Å². The first kappa shape index (κ1) is 17.7. The summed E-state index contributed by atoms with van der Waals surface area (Å²) in [5.41, 5.74) is 0.820. The van der Waals surface area contributed by atoms with Gasteiger partial charge >= 0.3 is 12.1 Å². The van der Waals surface area contributed by atoms with Crippen molar-refractivity contribution in [2.75, 3.05) is 19.7 Å². The minimum atomic E-state index is -5.13. The lowest BCUT2D eigenvalue weighted by atomic mass is 9.93. The zero-order valence-corrected chi connectivity index (χ0v) is 12.2. The van der Waals surface area contributed by atoms with Crippen molar-refractivity contribution in [3.8, 4) is 0 Å². The molecule has 0 aliphatic carbocycles. The lowest BCUT2D eigenvalue weighted by Crippen LogP contribution is -2.54. The molecule has 1 saturated heterocycles. The lowest BCUT2D eigenvalue weighted by molar-refractivity contribution is -0.198. The van der Waals surface area contributed by atoms with Crippen LogP contribution in [0.5, 0.6) is 0 Å². The average molecular weight is 337 g/mol. The highest BCUT2D eigenvalue weighted by atomic mass is 19.4. The molecule has 2 rings (SSSR count). The SMILES string of the molecule is O=C(N1CCC(COCc2ccccc2)C(F)(F)C1)C(F)(F)F. The number of hydrogen-bond acceptors (Lipinski definition) is 2. The summed E-state index contributed by atoms with van der Waals surface area (Å²) in [6.07, 6.45) is -5.36. The van der Waals surface area contributed by atoms with E-state index in [1.807, 2.05) is 6.07 Å².